The Balaban J connectivity index is 1.49. The molecule has 0 bridgehead atoms. The molecule has 1 saturated heterocycles. The first-order valence-corrected chi connectivity index (χ1v) is 31.7. The molecule has 2 unspecified atom stereocenters. The van der Waals surface area contributed by atoms with Crippen LogP contribution in [0.25, 0.3) is 34.4 Å². The molecule has 48 heavy (non-hydrogen) atoms. The van der Waals surface area contributed by atoms with Gasteiger partial charge in [0.1, 0.15) is 0 Å². The Kier molecular flexibility index (Phi) is 8.12. The number of allylic oxidation sites excluding steroid dienone is 2. The van der Waals surface area contributed by atoms with Gasteiger partial charge in [0.25, 0.3) is 0 Å². The van der Waals surface area contributed by atoms with Crippen LogP contribution < -0.4 is 0 Å². The van der Waals surface area contributed by atoms with Gasteiger partial charge in [-0.3, -0.25) is 0 Å². The van der Waals surface area contributed by atoms with Crippen molar-refractivity contribution >= 4 is 20.2 Å². The van der Waals surface area contributed by atoms with Crippen molar-refractivity contribution in [1.29, 1.82) is 0 Å². The van der Waals surface area contributed by atoms with Crippen LogP contribution in [0.5, 0.6) is 0 Å². The quantitative estimate of drug-likeness (QED) is 0.180. The van der Waals surface area contributed by atoms with Gasteiger partial charge in [-0.25, -0.2) is 0 Å². The van der Waals surface area contributed by atoms with Gasteiger partial charge in [-0.15, -0.1) is 0 Å². The fourth-order valence-electron chi connectivity index (χ4n) is 10.8. The van der Waals surface area contributed by atoms with Crippen molar-refractivity contribution in [3.8, 4) is 22.3 Å². The molecule has 1 aliphatic heterocycles. The molecule has 4 aromatic rings. The van der Waals surface area contributed by atoms with Crippen LogP contribution >= 0.6 is 0 Å². The van der Waals surface area contributed by atoms with Crippen LogP contribution in [0.2, 0.25) is 19.4 Å². The molecule has 4 aromatic carbocycles. The Morgan fingerprint density at radius 2 is 0.875 bits per heavy atom. The monoisotopic (exact) mass is 816 g/mol. The van der Waals surface area contributed by atoms with E-state index in [0.717, 1.165) is 0 Å². The minimum absolute atomic E-state index is 0.159. The molecule has 2 aliphatic carbocycles. The van der Waals surface area contributed by atoms with Gasteiger partial charge in [0.05, 0.1) is 0 Å². The van der Waals surface area contributed by atoms with E-state index in [1.54, 1.807) is 11.1 Å². The number of benzene rings is 4. The Hall–Kier alpha value is -2.55. The molecule has 0 aromatic heterocycles. The molecule has 3 aliphatic rings. The minimum atomic E-state index is -3.20. The first kappa shape index (κ1) is 33.9. The fourth-order valence-corrected chi connectivity index (χ4v) is 44.7. The zero-order chi connectivity index (χ0) is 34.6. The van der Waals surface area contributed by atoms with Gasteiger partial charge >= 0.3 is 299 Å². The second kappa shape index (κ2) is 11.5. The van der Waals surface area contributed by atoms with Gasteiger partial charge in [0.15, 0.2) is 0 Å². The third-order valence-corrected chi connectivity index (χ3v) is 36.8. The third-order valence-electron chi connectivity index (χ3n) is 12.5. The van der Waals surface area contributed by atoms with Crippen molar-refractivity contribution in [1.82, 2.24) is 0 Å². The van der Waals surface area contributed by atoms with E-state index in [4.69, 9.17) is 0 Å². The van der Waals surface area contributed by atoms with Crippen molar-refractivity contribution in [3.05, 3.63) is 129 Å². The number of rotatable bonds is 4. The van der Waals surface area contributed by atoms with Crippen LogP contribution in [0.1, 0.15) is 122 Å². The zero-order valence-electron chi connectivity index (χ0n) is 31.5. The standard InChI is InChI=1S/C44H50Si.2CH3.Hf/c1-29(2)31-17-21-33(22-18-31)39-15-11-13-35-25-37(27-41(35)39)45(43(5,6)7,44(8,9)10)38-26-36-14-12-16-40(42(36)28-38)34-23-19-32(20-24-34)30(3)4;;;/h11-30H,1-10H3;2*1H3;. The zero-order valence-corrected chi connectivity index (χ0v) is 36.1. The van der Waals surface area contributed by atoms with Crippen molar-refractivity contribution < 1.29 is 20.0 Å². The average molecular weight is 816 g/mol. The van der Waals surface area contributed by atoms with E-state index >= 15 is 0 Å². The summed E-state index contributed by atoms with van der Waals surface area (Å²) >= 11 is -3.20. The van der Waals surface area contributed by atoms with Crippen LogP contribution in [0.3, 0.4) is 0 Å². The molecular weight excluding hydrogens is 759 g/mol. The molecule has 0 saturated carbocycles. The summed E-state index contributed by atoms with van der Waals surface area (Å²) < 4.78 is 6.84. The topological polar surface area (TPSA) is 0 Å². The van der Waals surface area contributed by atoms with Crippen LogP contribution in [-0.4, -0.2) is 8.07 Å². The molecule has 7 rings (SSSR count). The van der Waals surface area contributed by atoms with Gasteiger partial charge in [-0.2, -0.15) is 0 Å². The van der Waals surface area contributed by atoms with Crippen molar-refractivity contribution in [2.45, 2.75) is 108 Å². The molecule has 0 amide bonds. The van der Waals surface area contributed by atoms with E-state index in [-0.39, 0.29) is 10.1 Å². The summed E-state index contributed by atoms with van der Waals surface area (Å²) in [5.41, 5.74) is 14.7. The fraction of sp³-hybridized carbons (Fsp3) is 0.391. The summed E-state index contributed by atoms with van der Waals surface area (Å²) in [6.07, 6.45) is 5.56. The normalized spacial score (nSPS) is 20.6. The van der Waals surface area contributed by atoms with E-state index in [9.17, 15) is 0 Å². The maximum absolute atomic E-state index is 3.20. The SMILES string of the molecule is CC(C)c1ccc(-c2cccc3c2C=C2[CH]3[Hf]([CH3])([CH3])[CH]3C(=Cc4c(-c5ccc(C(C)C)cc5)cccc43)[Si]2(C(C)(C)C)C(C)(C)C)cc1. The van der Waals surface area contributed by atoms with Crippen LogP contribution in [0.4, 0.5) is 0 Å². The third kappa shape index (κ3) is 4.82. The maximum atomic E-state index is 2.81. The molecule has 2 atom stereocenters. The number of hydrogen-bond acceptors (Lipinski definition) is 0. The summed E-state index contributed by atoms with van der Waals surface area (Å²) in [6, 6.07) is 33.5. The van der Waals surface area contributed by atoms with E-state index in [1.807, 2.05) is 10.4 Å². The van der Waals surface area contributed by atoms with Crippen LogP contribution in [0.15, 0.2) is 95.3 Å². The van der Waals surface area contributed by atoms with Gasteiger partial charge in [0, 0.05) is 0 Å². The van der Waals surface area contributed by atoms with Crippen LogP contribution in [0, 0.1) is 0 Å². The summed E-state index contributed by atoms with van der Waals surface area (Å²) in [7, 11) is -2.35. The van der Waals surface area contributed by atoms with Gasteiger partial charge < -0.3 is 0 Å². The van der Waals surface area contributed by atoms with Gasteiger partial charge in [-0.1, -0.05) is 0 Å². The Labute approximate surface area is 297 Å². The number of fused-ring (bicyclic) bond motifs is 6. The van der Waals surface area contributed by atoms with Crippen LogP contribution in [-0.2, 0) is 20.0 Å². The molecular formula is C46H56HfSi. The van der Waals surface area contributed by atoms with E-state index in [2.05, 4.69) is 176 Å². The van der Waals surface area contributed by atoms with Crippen molar-refractivity contribution in [3.63, 3.8) is 0 Å². The average Bonchev–Trinajstić information content (AvgIpc) is 3.60. The first-order valence-electron chi connectivity index (χ1n) is 18.4. The Bertz CT molecular complexity index is 1810. The molecule has 1 fully saturated rings. The van der Waals surface area contributed by atoms with E-state index in [1.165, 1.54) is 44.5 Å². The second-order valence-electron chi connectivity index (χ2n) is 18.3. The molecule has 0 N–H and O–H groups in total. The van der Waals surface area contributed by atoms with E-state index in [0.29, 0.717) is 19.2 Å². The molecule has 0 radical (unpaired) electrons. The predicted molar refractivity (Wildman–Crippen MR) is 210 cm³/mol. The molecule has 0 nitrogen and oxygen atoms in total. The molecule has 2 heteroatoms. The molecule has 248 valence electrons. The predicted octanol–water partition coefficient (Wildman–Crippen LogP) is 14.2. The molecule has 1 heterocycles. The second-order valence-corrected chi connectivity index (χ2v) is 41.2. The Morgan fingerprint density at radius 3 is 1.19 bits per heavy atom. The van der Waals surface area contributed by atoms with Crippen molar-refractivity contribution in [2.75, 3.05) is 0 Å². The number of hydrogen-bond donors (Lipinski definition) is 0. The van der Waals surface area contributed by atoms with E-state index < -0.39 is 28.0 Å². The first-order chi connectivity index (χ1) is 22.5. The summed E-state index contributed by atoms with van der Waals surface area (Å²) in [5.74, 6) is 1.09. The Morgan fingerprint density at radius 1 is 0.521 bits per heavy atom. The van der Waals surface area contributed by atoms with Gasteiger partial charge in [-0.05, 0) is 0 Å². The summed E-state index contributed by atoms with van der Waals surface area (Å²) in [6.45, 7) is 24.7. The summed E-state index contributed by atoms with van der Waals surface area (Å²) in [5, 5.41) is 4.03. The van der Waals surface area contributed by atoms with Gasteiger partial charge in [0.2, 0.25) is 0 Å². The molecule has 0 spiro atoms. The van der Waals surface area contributed by atoms with Crippen molar-refractivity contribution in [2.24, 2.45) is 0 Å². The summed E-state index contributed by atoms with van der Waals surface area (Å²) in [4.78, 5) is 0.